The maximum atomic E-state index is 12.1. The van der Waals surface area contributed by atoms with Crippen LogP contribution in [0, 0.1) is 6.92 Å². The Morgan fingerprint density at radius 1 is 1.29 bits per heavy atom. The summed E-state index contributed by atoms with van der Waals surface area (Å²) in [7, 11) is 0. The summed E-state index contributed by atoms with van der Waals surface area (Å²) >= 11 is 0. The van der Waals surface area contributed by atoms with Crippen LogP contribution < -0.4 is 0 Å². The highest BCUT2D eigenvalue weighted by atomic mass is 16.1. The summed E-state index contributed by atoms with van der Waals surface area (Å²) in [5.74, 6) is 0.270. The molecule has 1 saturated carbocycles. The van der Waals surface area contributed by atoms with E-state index in [0.29, 0.717) is 19.0 Å². The minimum Gasteiger partial charge on any atom is -0.298 e. The molecule has 2 rings (SSSR count). The van der Waals surface area contributed by atoms with Gasteiger partial charge in [0.1, 0.15) is 0 Å². The van der Waals surface area contributed by atoms with Gasteiger partial charge in [-0.05, 0) is 38.9 Å². The molecule has 4 heteroatoms. The van der Waals surface area contributed by atoms with Crippen LogP contribution in [0.5, 0.6) is 0 Å². The molecule has 0 bridgehead atoms. The lowest BCUT2D eigenvalue weighted by Gasteiger charge is -2.23. The van der Waals surface area contributed by atoms with Crippen molar-refractivity contribution in [1.29, 1.82) is 0 Å². The van der Waals surface area contributed by atoms with E-state index in [0.717, 1.165) is 18.8 Å². The van der Waals surface area contributed by atoms with Crippen LogP contribution in [0.15, 0.2) is 6.07 Å². The van der Waals surface area contributed by atoms with E-state index in [1.54, 1.807) is 0 Å². The van der Waals surface area contributed by atoms with E-state index in [4.69, 9.17) is 5.10 Å². The topological polar surface area (TPSA) is 38.1 Å². The van der Waals surface area contributed by atoms with Crippen LogP contribution >= 0.6 is 0 Å². The maximum Gasteiger partial charge on any atom is 0.152 e. The summed E-state index contributed by atoms with van der Waals surface area (Å²) in [6, 6.07) is 2.64. The van der Waals surface area contributed by atoms with Crippen LogP contribution in [-0.4, -0.2) is 40.1 Å². The molecule has 0 unspecified atom stereocenters. The van der Waals surface area contributed by atoms with Gasteiger partial charge in [0, 0.05) is 5.69 Å². The van der Waals surface area contributed by atoms with Gasteiger partial charge in [0.15, 0.2) is 5.78 Å². The van der Waals surface area contributed by atoms with Crippen molar-refractivity contribution in [3.8, 4) is 0 Å². The Morgan fingerprint density at radius 3 is 2.57 bits per heavy atom. The first-order valence-corrected chi connectivity index (χ1v) is 8.43. The van der Waals surface area contributed by atoms with Crippen LogP contribution in [0.25, 0.3) is 0 Å². The number of hydrogen-bond donors (Lipinski definition) is 0. The number of nitrogens with zero attached hydrogens (tertiary/aromatic N) is 3. The number of likely N-dealkylation sites (N-methyl/N-ethyl adjacent to an activating group) is 1. The predicted molar refractivity (Wildman–Crippen MR) is 85.6 cm³/mol. The molecule has 1 aliphatic rings. The van der Waals surface area contributed by atoms with Gasteiger partial charge in [-0.1, -0.05) is 33.1 Å². The number of carbonyl (C=O) groups excluding carboxylic acids is 1. The average Bonchev–Trinajstić information content (AvgIpc) is 2.86. The molecule has 0 atom stereocenters. The molecule has 1 aliphatic carbocycles. The van der Waals surface area contributed by atoms with Crippen molar-refractivity contribution in [3.63, 3.8) is 0 Å². The van der Waals surface area contributed by atoms with Crippen LogP contribution in [0.3, 0.4) is 0 Å². The second kappa shape index (κ2) is 7.74. The van der Waals surface area contributed by atoms with Gasteiger partial charge in [0.25, 0.3) is 0 Å². The van der Waals surface area contributed by atoms with E-state index in [2.05, 4.69) is 36.4 Å². The fraction of sp³-hybridized carbons (Fsp3) is 0.765. The lowest BCUT2D eigenvalue weighted by atomic mass is 9.95. The van der Waals surface area contributed by atoms with Gasteiger partial charge in [-0.15, -0.1) is 0 Å². The molecule has 1 aromatic heterocycles. The fourth-order valence-corrected chi connectivity index (χ4v) is 3.29. The van der Waals surface area contributed by atoms with Crippen molar-refractivity contribution in [3.05, 3.63) is 17.5 Å². The van der Waals surface area contributed by atoms with Gasteiger partial charge >= 0.3 is 0 Å². The normalized spacial score (nSPS) is 16.6. The second-order valence-corrected chi connectivity index (χ2v) is 6.19. The average molecular weight is 291 g/mol. The molecule has 21 heavy (non-hydrogen) atoms. The lowest BCUT2D eigenvalue weighted by molar-refractivity contribution is -0.119. The van der Waals surface area contributed by atoms with Gasteiger partial charge in [-0.25, -0.2) is 0 Å². The Bertz CT molecular complexity index is 457. The highest BCUT2D eigenvalue weighted by molar-refractivity contribution is 5.82. The molecule has 1 fully saturated rings. The van der Waals surface area contributed by atoms with Gasteiger partial charge < -0.3 is 0 Å². The zero-order chi connectivity index (χ0) is 15.2. The Balaban J connectivity index is 1.96. The molecule has 0 radical (unpaired) electrons. The van der Waals surface area contributed by atoms with E-state index >= 15 is 0 Å². The standard InChI is InChI=1S/C17H29N3O/c1-4-19(5-2)13-17(21)12-15-11-14(3)20(18-15)16-9-7-6-8-10-16/h11,16H,4-10,12-13H2,1-3H3. The van der Waals surface area contributed by atoms with E-state index in [1.807, 2.05) is 0 Å². The van der Waals surface area contributed by atoms with E-state index < -0.39 is 0 Å². The minimum absolute atomic E-state index is 0.270. The third-order valence-electron chi connectivity index (χ3n) is 4.57. The molecule has 0 spiro atoms. The molecule has 0 N–H and O–H groups in total. The molecule has 0 aliphatic heterocycles. The largest absolute Gasteiger partial charge is 0.298 e. The maximum absolute atomic E-state index is 12.1. The monoisotopic (exact) mass is 291 g/mol. The zero-order valence-electron chi connectivity index (χ0n) is 13.8. The number of Topliss-reactive ketones (excluding diaryl/α,β-unsaturated/α-hetero) is 1. The van der Waals surface area contributed by atoms with Crippen molar-refractivity contribution >= 4 is 5.78 Å². The molecule has 1 aromatic rings. The molecule has 0 aromatic carbocycles. The Kier molecular flexibility index (Phi) is 5.97. The van der Waals surface area contributed by atoms with E-state index in [1.165, 1.54) is 37.8 Å². The minimum atomic E-state index is 0.270. The van der Waals surface area contributed by atoms with Crippen molar-refractivity contribution < 1.29 is 4.79 Å². The summed E-state index contributed by atoms with van der Waals surface area (Å²) in [4.78, 5) is 14.3. The lowest BCUT2D eigenvalue weighted by Crippen LogP contribution is -2.30. The van der Waals surface area contributed by atoms with Gasteiger partial charge in [-0.2, -0.15) is 5.10 Å². The quantitative estimate of drug-likeness (QED) is 0.774. The first-order chi connectivity index (χ1) is 10.1. The van der Waals surface area contributed by atoms with Gasteiger partial charge in [-0.3, -0.25) is 14.4 Å². The SMILES string of the molecule is CCN(CC)CC(=O)Cc1cc(C)n(C2CCCCC2)n1. The summed E-state index contributed by atoms with van der Waals surface area (Å²) in [5, 5.41) is 4.71. The Morgan fingerprint density at radius 2 is 1.95 bits per heavy atom. The highest BCUT2D eigenvalue weighted by Gasteiger charge is 2.19. The summed E-state index contributed by atoms with van der Waals surface area (Å²) in [5.41, 5.74) is 2.14. The van der Waals surface area contributed by atoms with E-state index in [9.17, 15) is 4.79 Å². The Labute approximate surface area is 128 Å². The molecule has 118 valence electrons. The van der Waals surface area contributed by atoms with Crippen LogP contribution in [0.4, 0.5) is 0 Å². The third kappa shape index (κ3) is 4.40. The second-order valence-electron chi connectivity index (χ2n) is 6.19. The smallest absolute Gasteiger partial charge is 0.152 e. The molecule has 4 nitrogen and oxygen atoms in total. The first-order valence-electron chi connectivity index (χ1n) is 8.43. The number of aromatic nitrogens is 2. The number of ketones is 1. The molecule has 1 heterocycles. The number of rotatable bonds is 7. The van der Waals surface area contributed by atoms with E-state index in [-0.39, 0.29) is 5.78 Å². The third-order valence-corrected chi connectivity index (χ3v) is 4.57. The molecule has 0 amide bonds. The highest BCUT2D eigenvalue weighted by Crippen LogP contribution is 2.28. The first kappa shape index (κ1) is 16.2. The number of aryl methyl sites for hydroxylation is 1. The summed E-state index contributed by atoms with van der Waals surface area (Å²) in [6.45, 7) is 8.70. The summed E-state index contributed by atoms with van der Waals surface area (Å²) in [6.07, 6.45) is 6.90. The van der Waals surface area contributed by atoms with Gasteiger partial charge in [0.05, 0.1) is 24.7 Å². The van der Waals surface area contributed by atoms with Crippen LogP contribution in [0.1, 0.15) is 63.4 Å². The van der Waals surface area contributed by atoms with Crippen molar-refractivity contribution in [2.75, 3.05) is 19.6 Å². The van der Waals surface area contributed by atoms with Crippen LogP contribution in [0.2, 0.25) is 0 Å². The molecular formula is C17H29N3O. The number of carbonyl (C=O) groups is 1. The van der Waals surface area contributed by atoms with Crippen molar-refractivity contribution in [2.24, 2.45) is 0 Å². The molecular weight excluding hydrogens is 262 g/mol. The van der Waals surface area contributed by atoms with Crippen molar-refractivity contribution in [1.82, 2.24) is 14.7 Å². The zero-order valence-corrected chi connectivity index (χ0v) is 13.8. The van der Waals surface area contributed by atoms with Gasteiger partial charge in [0.2, 0.25) is 0 Å². The number of hydrogen-bond acceptors (Lipinski definition) is 3. The van der Waals surface area contributed by atoms with Crippen LogP contribution in [-0.2, 0) is 11.2 Å². The fourth-order valence-electron chi connectivity index (χ4n) is 3.29. The Hall–Kier alpha value is -1.16. The predicted octanol–water partition coefficient (Wildman–Crippen LogP) is 3.15. The van der Waals surface area contributed by atoms with Crippen molar-refractivity contribution in [2.45, 2.75) is 65.3 Å². The summed E-state index contributed by atoms with van der Waals surface area (Å²) < 4.78 is 2.17. The molecule has 0 saturated heterocycles.